The van der Waals surface area contributed by atoms with Gasteiger partial charge in [-0.2, -0.15) is 5.10 Å². The fraction of sp³-hybridized carbons (Fsp3) is 0.355. The number of nitrogens with zero attached hydrogens (tertiary/aromatic N) is 2. The van der Waals surface area contributed by atoms with E-state index in [2.05, 4.69) is 42.5 Å². The van der Waals surface area contributed by atoms with E-state index >= 15 is 0 Å². The van der Waals surface area contributed by atoms with Crippen LogP contribution in [0.1, 0.15) is 54.7 Å². The van der Waals surface area contributed by atoms with Crippen molar-refractivity contribution in [2.24, 2.45) is 23.2 Å². The van der Waals surface area contributed by atoms with Gasteiger partial charge in [0.15, 0.2) is 11.5 Å². The van der Waals surface area contributed by atoms with E-state index in [4.69, 9.17) is 0 Å². The predicted molar refractivity (Wildman–Crippen MR) is 145 cm³/mol. The van der Waals surface area contributed by atoms with Gasteiger partial charge in [-0.25, -0.2) is 13.5 Å². The summed E-state index contributed by atoms with van der Waals surface area (Å²) in [5, 5.41) is 7.81. The Morgan fingerprint density at radius 2 is 1.95 bits per heavy atom. The summed E-state index contributed by atoms with van der Waals surface area (Å²) < 4.78 is 30.2. The van der Waals surface area contributed by atoms with Gasteiger partial charge in [-0.15, -0.1) is 11.3 Å². The number of carbonyl (C=O) groups is 1. The van der Waals surface area contributed by atoms with Gasteiger partial charge in [-0.3, -0.25) is 4.79 Å². The Bertz CT molecular complexity index is 1570. The molecule has 2 heterocycles. The molecule has 3 saturated carbocycles. The van der Waals surface area contributed by atoms with Crippen LogP contribution in [0, 0.1) is 34.8 Å². The summed E-state index contributed by atoms with van der Waals surface area (Å²) in [6.07, 6.45) is 4.18. The van der Waals surface area contributed by atoms with Crippen molar-refractivity contribution >= 4 is 17.2 Å². The number of nitrogens with one attached hydrogen (secondary N) is 1. The second kappa shape index (κ2) is 8.60. The number of carbonyl (C=O) groups excluding carboxylic acids is 1. The molecule has 194 valence electrons. The minimum absolute atomic E-state index is 0.138. The van der Waals surface area contributed by atoms with Crippen molar-refractivity contribution in [3.8, 4) is 26.7 Å². The van der Waals surface area contributed by atoms with E-state index in [1.54, 1.807) is 11.3 Å². The van der Waals surface area contributed by atoms with Gasteiger partial charge in [-0.05, 0) is 71.8 Å². The predicted octanol–water partition coefficient (Wildman–Crippen LogP) is 7.25. The molecule has 0 spiro atoms. The van der Waals surface area contributed by atoms with Gasteiger partial charge in [0.25, 0.3) is 5.91 Å². The zero-order valence-corrected chi connectivity index (χ0v) is 22.2. The zero-order chi connectivity index (χ0) is 26.2. The van der Waals surface area contributed by atoms with E-state index in [9.17, 15) is 13.6 Å². The number of amides is 1. The molecular weight excluding hydrogens is 500 g/mol. The van der Waals surface area contributed by atoms with Crippen LogP contribution < -0.4 is 5.32 Å². The van der Waals surface area contributed by atoms with Crippen LogP contribution in [0.2, 0.25) is 0 Å². The van der Waals surface area contributed by atoms with Crippen LogP contribution in [-0.2, 0) is 6.42 Å². The lowest BCUT2D eigenvalue weighted by molar-refractivity contribution is -0.103. The average molecular weight is 530 g/mol. The van der Waals surface area contributed by atoms with Gasteiger partial charge >= 0.3 is 0 Å². The van der Waals surface area contributed by atoms with Crippen molar-refractivity contribution in [2.75, 3.05) is 6.54 Å². The molecule has 4 aliphatic carbocycles. The molecule has 4 aliphatic rings. The van der Waals surface area contributed by atoms with Crippen LogP contribution in [0.15, 0.2) is 54.6 Å². The molecule has 38 heavy (non-hydrogen) atoms. The molecule has 3 unspecified atom stereocenters. The van der Waals surface area contributed by atoms with Gasteiger partial charge in [0.2, 0.25) is 0 Å². The van der Waals surface area contributed by atoms with Crippen LogP contribution in [0.3, 0.4) is 0 Å². The number of hydrogen-bond acceptors (Lipinski definition) is 3. The van der Waals surface area contributed by atoms with Gasteiger partial charge in [0.1, 0.15) is 11.5 Å². The Kier molecular flexibility index (Phi) is 5.38. The maximum Gasteiger partial charge on any atom is 0.272 e. The quantitative estimate of drug-likeness (QED) is 0.261. The normalized spacial score (nSPS) is 22.5. The van der Waals surface area contributed by atoms with Crippen molar-refractivity contribution in [2.45, 2.75) is 39.5 Å². The SMILES string of the molecule is CC1(C)C2CCC(CNC(=O)c3nn(-c4ccc(F)cc4F)c4c3Cc3cc(-c5ccccc5)sc3-4)C1C2. The summed E-state index contributed by atoms with van der Waals surface area (Å²) in [6, 6.07) is 15.7. The third-order valence-corrected chi connectivity index (χ3v) is 10.5. The summed E-state index contributed by atoms with van der Waals surface area (Å²) in [4.78, 5) is 15.6. The van der Waals surface area contributed by atoms with Crippen molar-refractivity contribution < 1.29 is 13.6 Å². The lowest BCUT2D eigenvalue weighted by Crippen LogP contribution is -2.54. The molecule has 4 nitrogen and oxygen atoms in total. The van der Waals surface area contributed by atoms with Crippen molar-refractivity contribution in [1.29, 1.82) is 0 Å². The molecule has 1 amide bonds. The van der Waals surface area contributed by atoms with Gasteiger partial charge < -0.3 is 5.32 Å². The highest BCUT2D eigenvalue weighted by Crippen LogP contribution is 2.61. The lowest BCUT2D eigenvalue weighted by Gasteiger charge is -2.60. The van der Waals surface area contributed by atoms with E-state index < -0.39 is 11.6 Å². The molecule has 4 aromatic rings. The zero-order valence-electron chi connectivity index (χ0n) is 21.4. The lowest BCUT2D eigenvalue weighted by atomic mass is 9.45. The highest BCUT2D eigenvalue weighted by atomic mass is 32.1. The van der Waals surface area contributed by atoms with E-state index in [1.165, 1.54) is 29.7 Å². The summed E-state index contributed by atoms with van der Waals surface area (Å²) in [5.41, 5.74) is 4.55. The highest BCUT2D eigenvalue weighted by Gasteiger charge is 2.54. The molecule has 2 aromatic carbocycles. The molecule has 3 fully saturated rings. The minimum atomic E-state index is -0.709. The molecule has 0 aliphatic heterocycles. The third kappa shape index (κ3) is 3.58. The van der Waals surface area contributed by atoms with Gasteiger partial charge in [0, 0.05) is 29.5 Å². The molecule has 8 rings (SSSR count). The number of fused-ring (bicyclic) bond motifs is 5. The molecule has 2 bridgehead atoms. The van der Waals surface area contributed by atoms with Crippen LogP contribution >= 0.6 is 11.3 Å². The Hall–Kier alpha value is -3.32. The smallest absolute Gasteiger partial charge is 0.272 e. The summed E-state index contributed by atoms with van der Waals surface area (Å²) in [7, 11) is 0. The standard InChI is InChI=1S/C31H29F2N3OS/c1-31(2)20-9-8-18(23(31)14-20)16-34-30(37)27-22-12-19-13-26(17-6-4-3-5-7-17)38-29(19)28(22)36(35-27)25-11-10-21(32)15-24(25)33/h3-7,10-11,13,15,18,20,23H,8-9,12,14,16H2,1-2H3,(H,34,37). The Morgan fingerprint density at radius 3 is 2.68 bits per heavy atom. The average Bonchev–Trinajstić information content (AvgIpc) is 3.58. The minimum Gasteiger partial charge on any atom is -0.350 e. The summed E-state index contributed by atoms with van der Waals surface area (Å²) in [5.74, 6) is 0.341. The van der Waals surface area contributed by atoms with E-state index in [0.29, 0.717) is 35.9 Å². The van der Waals surface area contributed by atoms with Crippen molar-refractivity contribution in [1.82, 2.24) is 15.1 Å². The molecule has 0 radical (unpaired) electrons. The Balaban J connectivity index is 1.25. The van der Waals surface area contributed by atoms with E-state index in [0.717, 1.165) is 50.5 Å². The fourth-order valence-electron chi connectivity index (χ4n) is 7.07. The Morgan fingerprint density at radius 1 is 1.13 bits per heavy atom. The monoisotopic (exact) mass is 529 g/mol. The maximum atomic E-state index is 15.0. The first-order chi connectivity index (χ1) is 18.3. The largest absolute Gasteiger partial charge is 0.350 e. The van der Waals surface area contributed by atoms with E-state index in [1.807, 2.05) is 18.2 Å². The van der Waals surface area contributed by atoms with Crippen LogP contribution in [0.25, 0.3) is 26.7 Å². The molecule has 3 atom stereocenters. The first kappa shape index (κ1) is 23.8. The highest BCUT2D eigenvalue weighted by molar-refractivity contribution is 7.19. The summed E-state index contributed by atoms with van der Waals surface area (Å²) >= 11 is 1.61. The second-order valence-electron chi connectivity index (χ2n) is 11.6. The Labute approximate surface area is 224 Å². The van der Waals surface area contributed by atoms with Crippen molar-refractivity contribution in [3.63, 3.8) is 0 Å². The van der Waals surface area contributed by atoms with Crippen molar-refractivity contribution in [3.05, 3.63) is 83.1 Å². The molecule has 7 heteroatoms. The van der Waals surface area contributed by atoms with Crippen LogP contribution in [0.4, 0.5) is 8.78 Å². The van der Waals surface area contributed by atoms with Gasteiger partial charge in [-0.1, -0.05) is 44.2 Å². The number of halogens is 2. The number of hydrogen-bond donors (Lipinski definition) is 1. The third-order valence-electron chi connectivity index (χ3n) is 9.31. The van der Waals surface area contributed by atoms with Crippen LogP contribution in [-0.4, -0.2) is 22.2 Å². The molecule has 1 N–H and O–H groups in total. The number of aromatic nitrogens is 2. The number of thiophene rings is 1. The molecular formula is C31H29F2N3OS. The second-order valence-corrected chi connectivity index (χ2v) is 12.7. The molecule has 0 saturated heterocycles. The first-order valence-electron chi connectivity index (χ1n) is 13.3. The maximum absolute atomic E-state index is 15.0. The summed E-state index contributed by atoms with van der Waals surface area (Å²) in [6.45, 7) is 5.34. The first-order valence-corrected chi connectivity index (χ1v) is 14.2. The number of benzene rings is 2. The van der Waals surface area contributed by atoms with Gasteiger partial charge in [0.05, 0.1) is 10.6 Å². The number of rotatable bonds is 5. The molecule has 2 aromatic heterocycles. The fourth-order valence-corrected chi connectivity index (χ4v) is 8.31. The van der Waals surface area contributed by atoms with Crippen LogP contribution in [0.5, 0.6) is 0 Å². The topological polar surface area (TPSA) is 46.9 Å². The van der Waals surface area contributed by atoms with E-state index in [-0.39, 0.29) is 11.6 Å².